The van der Waals surface area contributed by atoms with Gasteiger partial charge in [-0.05, 0) is 24.1 Å². The van der Waals surface area contributed by atoms with Crippen LogP contribution in [0.3, 0.4) is 0 Å². The Labute approximate surface area is 101 Å². The molecule has 4 heteroatoms. The second kappa shape index (κ2) is 6.67. The number of aliphatic hydroxyl groups is 1. The first-order valence-electron chi connectivity index (χ1n) is 5.81. The topological polar surface area (TPSA) is 32.3 Å². The van der Waals surface area contributed by atoms with Crippen molar-refractivity contribution in [1.82, 2.24) is 5.32 Å². The van der Waals surface area contributed by atoms with Crippen LogP contribution in [0.15, 0.2) is 18.2 Å². The molecule has 1 aromatic carbocycles. The maximum atomic E-state index is 13.3. The van der Waals surface area contributed by atoms with Gasteiger partial charge in [0.05, 0.1) is 6.10 Å². The van der Waals surface area contributed by atoms with Gasteiger partial charge in [0.25, 0.3) is 0 Å². The molecule has 0 aliphatic carbocycles. The van der Waals surface area contributed by atoms with E-state index < -0.39 is 17.7 Å². The van der Waals surface area contributed by atoms with Crippen LogP contribution in [0.25, 0.3) is 0 Å². The number of halogens is 2. The van der Waals surface area contributed by atoms with E-state index in [0.717, 1.165) is 12.6 Å². The fourth-order valence-electron chi connectivity index (χ4n) is 1.55. The molecule has 1 aromatic rings. The summed E-state index contributed by atoms with van der Waals surface area (Å²) in [6, 6.07) is 3.41. The van der Waals surface area contributed by atoms with Gasteiger partial charge in [0.1, 0.15) is 11.6 Å². The zero-order chi connectivity index (χ0) is 12.8. The molecule has 0 aliphatic heterocycles. The van der Waals surface area contributed by atoms with Crippen LogP contribution < -0.4 is 5.32 Å². The van der Waals surface area contributed by atoms with Gasteiger partial charge in [0, 0.05) is 19.0 Å². The Morgan fingerprint density at radius 2 is 1.94 bits per heavy atom. The van der Waals surface area contributed by atoms with Crippen LogP contribution >= 0.6 is 0 Å². The maximum Gasteiger partial charge on any atom is 0.129 e. The van der Waals surface area contributed by atoms with E-state index in [2.05, 4.69) is 19.2 Å². The molecule has 0 radical (unpaired) electrons. The highest BCUT2D eigenvalue weighted by molar-refractivity contribution is 5.19. The van der Waals surface area contributed by atoms with Crippen molar-refractivity contribution in [2.24, 2.45) is 5.92 Å². The number of benzene rings is 1. The monoisotopic (exact) mass is 243 g/mol. The molecule has 0 aromatic heterocycles. The molecular weight excluding hydrogens is 224 g/mol. The highest BCUT2D eigenvalue weighted by Crippen LogP contribution is 2.11. The second-order valence-corrected chi connectivity index (χ2v) is 4.65. The van der Waals surface area contributed by atoms with Gasteiger partial charge in [-0.25, -0.2) is 8.78 Å². The smallest absolute Gasteiger partial charge is 0.129 e. The van der Waals surface area contributed by atoms with Crippen LogP contribution in [-0.2, 0) is 6.42 Å². The van der Waals surface area contributed by atoms with E-state index >= 15 is 0 Å². The molecular formula is C13H19F2NO. The van der Waals surface area contributed by atoms with Crippen LogP contribution in [0.1, 0.15) is 19.4 Å². The highest BCUT2D eigenvalue weighted by atomic mass is 19.1. The maximum absolute atomic E-state index is 13.3. The van der Waals surface area contributed by atoms with Crippen LogP contribution in [0.4, 0.5) is 8.78 Å². The minimum absolute atomic E-state index is 0.192. The van der Waals surface area contributed by atoms with E-state index in [-0.39, 0.29) is 6.42 Å². The van der Waals surface area contributed by atoms with Crippen molar-refractivity contribution >= 4 is 0 Å². The van der Waals surface area contributed by atoms with Crippen molar-refractivity contribution in [1.29, 1.82) is 0 Å². The molecule has 2 N–H and O–H groups in total. The van der Waals surface area contributed by atoms with Crippen LogP contribution in [-0.4, -0.2) is 24.3 Å². The zero-order valence-corrected chi connectivity index (χ0v) is 10.2. The minimum Gasteiger partial charge on any atom is -0.391 e. The Bertz CT molecular complexity index is 355. The molecule has 0 heterocycles. The molecule has 17 heavy (non-hydrogen) atoms. The molecule has 0 fully saturated rings. The van der Waals surface area contributed by atoms with Crippen molar-refractivity contribution in [3.63, 3.8) is 0 Å². The number of hydrogen-bond donors (Lipinski definition) is 2. The first-order valence-corrected chi connectivity index (χ1v) is 5.81. The Morgan fingerprint density at radius 1 is 1.24 bits per heavy atom. The van der Waals surface area contributed by atoms with Crippen molar-refractivity contribution in [3.8, 4) is 0 Å². The number of rotatable bonds is 6. The minimum atomic E-state index is -0.659. The SMILES string of the molecule is CC(C)CNCC(O)Cc1ccc(F)cc1F. The predicted octanol–water partition coefficient (Wildman–Crippen LogP) is 2.11. The molecule has 0 bridgehead atoms. The third kappa shape index (κ3) is 5.24. The fraction of sp³-hybridized carbons (Fsp3) is 0.538. The summed E-state index contributed by atoms with van der Waals surface area (Å²) in [5.74, 6) is -0.698. The van der Waals surface area contributed by atoms with E-state index in [1.54, 1.807) is 0 Å². The largest absolute Gasteiger partial charge is 0.391 e. The number of nitrogens with one attached hydrogen (secondary N) is 1. The summed E-state index contributed by atoms with van der Waals surface area (Å²) in [6.07, 6.45) is -0.467. The molecule has 1 rings (SSSR count). The van der Waals surface area contributed by atoms with E-state index in [4.69, 9.17) is 0 Å². The van der Waals surface area contributed by atoms with Gasteiger partial charge < -0.3 is 10.4 Å². The van der Waals surface area contributed by atoms with Crippen LogP contribution in [0.2, 0.25) is 0 Å². The van der Waals surface area contributed by atoms with E-state index in [0.29, 0.717) is 18.0 Å². The quantitative estimate of drug-likeness (QED) is 0.802. The van der Waals surface area contributed by atoms with Gasteiger partial charge in [0.2, 0.25) is 0 Å². The van der Waals surface area contributed by atoms with E-state index in [9.17, 15) is 13.9 Å². The molecule has 1 unspecified atom stereocenters. The zero-order valence-electron chi connectivity index (χ0n) is 10.2. The lowest BCUT2D eigenvalue weighted by Gasteiger charge is -2.13. The lowest BCUT2D eigenvalue weighted by Crippen LogP contribution is -2.31. The summed E-state index contributed by atoms with van der Waals surface area (Å²) in [6.45, 7) is 5.36. The van der Waals surface area contributed by atoms with E-state index in [1.807, 2.05) is 0 Å². The third-order valence-electron chi connectivity index (χ3n) is 2.40. The van der Waals surface area contributed by atoms with Gasteiger partial charge in [-0.2, -0.15) is 0 Å². The van der Waals surface area contributed by atoms with Gasteiger partial charge in [-0.1, -0.05) is 19.9 Å². The molecule has 2 nitrogen and oxygen atoms in total. The molecule has 96 valence electrons. The molecule has 0 amide bonds. The van der Waals surface area contributed by atoms with Crippen molar-refractivity contribution < 1.29 is 13.9 Å². The predicted molar refractivity (Wildman–Crippen MR) is 63.8 cm³/mol. The lowest BCUT2D eigenvalue weighted by atomic mass is 10.1. The molecule has 0 aliphatic rings. The first-order chi connectivity index (χ1) is 7.99. The number of aliphatic hydroxyl groups excluding tert-OH is 1. The van der Waals surface area contributed by atoms with Crippen molar-refractivity contribution in [3.05, 3.63) is 35.4 Å². The van der Waals surface area contributed by atoms with Gasteiger partial charge >= 0.3 is 0 Å². The summed E-state index contributed by atoms with van der Waals surface area (Å²) < 4.78 is 26.0. The van der Waals surface area contributed by atoms with E-state index in [1.165, 1.54) is 12.1 Å². The Hall–Kier alpha value is -1.00. The van der Waals surface area contributed by atoms with Gasteiger partial charge in [0.15, 0.2) is 0 Å². The average Bonchev–Trinajstić information content (AvgIpc) is 2.21. The standard InChI is InChI=1S/C13H19F2NO/c1-9(2)7-16-8-12(17)5-10-3-4-11(14)6-13(10)15/h3-4,6,9,12,16-17H,5,7-8H2,1-2H3. The van der Waals surface area contributed by atoms with Crippen LogP contribution in [0.5, 0.6) is 0 Å². The highest BCUT2D eigenvalue weighted by Gasteiger charge is 2.10. The molecule has 0 saturated carbocycles. The first kappa shape index (κ1) is 14.1. The third-order valence-corrected chi connectivity index (χ3v) is 2.40. The molecule has 0 saturated heterocycles. The normalized spacial score (nSPS) is 13.1. The van der Waals surface area contributed by atoms with Crippen molar-refractivity contribution in [2.45, 2.75) is 26.4 Å². The summed E-state index contributed by atoms with van der Waals surface area (Å²) in [4.78, 5) is 0. The van der Waals surface area contributed by atoms with Crippen LogP contribution in [0, 0.1) is 17.6 Å². The lowest BCUT2D eigenvalue weighted by molar-refractivity contribution is 0.169. The second-order valence-electron chi connectivity index (χ2n) is 4.65. The summed E-state index contributed by atoms with van der Waals surface area (Å²) in [5, 5.41) is 12.8. The Balaban J connectivity index is 2.42. The summed E-state index contributed by atoms with van der Waals surface area (Å²) >= 11 is 0. The van der Waals surface area contributed by atoms with Crippen molar-refractivity contribution in [2.75, 3.05) is 13.1 Å². The summed E-state index contributed by atoms with van der Waals surface area (Å²) in [7, 11) is 0. The van der Waals surface area contributed by atoms with Gasteiger partial charge in [-0.3, -0.25) is 0 Å². The van der Waals surface area contributed by atoms with Gasteiger partial charge in [-0.15, -0.1) is 0 Å². The fourth-order valence-corrected chi connectivity index (χ4v) is 1.55. The Morgan fingerprint density at radius 3 is 2.53 bits per heavy atom. The molecule has 1 atom stereocenters. The number of hydrogen-bond acceptors (Lipinski definition) is 2. The summed E-state index contributed by atoms with van der Waals surface area (Å²) in [5.41, 5.74) is 0.338. The molecule has 0 spiro atoms. The Kier molecular flexibility index (Phi) is 5.51. The average molecular weight is 243 g/mol.